The summed E-state index contributed by atoms with van der Waals surface area (Å²) in [5.41, 5.74) is 6.07. The van der Waals surface area contributed by atoms with Crippen LogP contribution in [-0.2, 0) is 4.74 Å². The molecule has 2 rings (SSSR count). The molecule has 0 aliphatic carbocycles. The Morgan fingerprint density at radius 1 is 1.16 bits per heavy atom. The normalized spacial score (nSPS) is 19.2. The number of benzene rings is 1. The molecule has 1 aliphatic heterocycles. The first kappa shape index (κ1) is 14.3. The molecule has 0 radical (unpaired) electrons. The number of hydrogen-bond acceptors (Lipinski definition) is 3. The summed E-state index contributed by atoms with van der Waals surface area (Å²) < 4.78 is 44.9. The molecule has 1 unspecified atom stereocenters. The second kappa shape index (κ2) is 6.36. The number of ether oxygens (including phenoxy) is 1. The lowest BCUT2D eigenvalue weighted by Crippen LogP contribution is -2.35. The Balaban J connectivity index is 2.25. The summed E-state index contributed by atoms with van der Waals surface area (Å²) in [5, 5.41) is 0. The van der Waals surface area contributed by atoms with Crippen LogP contribution < -0.4 is 5.73 Å². The number of halogens is 3. The van der Waals surface area contributed by atoms with Gasteiger partial charge in [-0.05, 0) is 24.1 Å². The van der Waals surface area contributed by atoms with E-state index in [1.807, 2.05) is 4.90 Å². The van der Waals surface area contributed by atoms with Gasteiger partial charge >= 0.3 is 0 Å². The van der Waals surface area contributed by atoms with Gasteiger partial charge in [0.05, 0.1) is 6.61 Å². The number of rotatable bonds is 3. The van der Waals surface area contributed by atoms with Crippen molar-refractivity contribution in [2.75, 3.05) is 32.8 Å². The molecule has 1 fully saturated rings. The largest absolute Gasteiger partial charge is 0.380 e. The van der Waals surface area contributed by atoms with Crippen molar-refractivity contribution in [2.24, 2.45) is 5.73 Å². The van der Waals surface area contributed by atoms with E-state index in [0.717, 1.165) is 25.1 Å². The predicted molar refractivity (Wildman–Crippen MR) is 65.1 cm³/mol. The van der Waals surface area contributed by atoms with Crippen LogP contribution in [0, 0.1) is 17.5 Å². The van der Waals surface area contributed by atoms with Crippen molar-refractivity contribution < 1.29 is 17.9 Å². The van der Waals surface area contributed by atoms with E-state index in [1.54, 1.807) is 0 Å². The quantitative estimate of drug-likeness (QED) is 0.855. The highest BCUT2D eigenvalue weighted by molar-refractivity contribution is 5.23. The Kier molecular flexibility index (Phi) is 4.79. The van der Waals surface area contributed by atoms with Crippen LogP contribution in [0.15, 0.2) is 12.1 Å². The maximum atomic E-state index is 13.3. The Hall–Kier alpha value is -1.11. The van der Waals surface area contributed by atoms with E-state index in [0.29, 0.717) is 25.3 Å². The number of nitrogens with two attached hydrogens (primary N) is 1. The summed E-state index contributed by atoms with van der Waals surface area (Å²) in [7, 11) is 0. The molecule has 0 amide bonds. The molecule has 0 aromatic heterocycles. The van der Waals surface area contributed by atoms with Gasteiger partial charge in [-0.2, -0.15) is 0 Å². The van der Waals surface area contributed by atoms with Crippen LogP contribution in [0.4, 0.5) is 13.2 Å². The molecular weight excluding hydrogens is 257 g/mol. The van der Waals surface area contributed by atoms with Gasteiger partial charge in [-0.15, -0.1) is 0 Å². The third kappa shape index (κ3) is 3.26. The minimum atomic E-state index is -1.45. The highest BCUT2D eigenvalue weighted by atomic mass is 19.2. The standard InChI is InChI=1S/C13H17F3N2O/c14-10-6-9(7-11(15)13(10)16)12(8-17)18-2-1-4-19-5-3-18/h6-7,12H,1-5,8,17H2. The van der Waals surface area contributed by atoms with Crippen LogP contribution in [0.3, 0.4) is 0 Å². The molecule has 1 saturated heterocycles. The van der Waals surface area contributed by atoms with E-state index in [4.69, 9.17) is 10.5 Å². The summed E-state index contributed by atoms with van der Waals surface area (Å²) in [6.07, 6.45) is 0.836. The van der Waals surface area contributed by atoms with Gasteiger partial charge in [0.25, 0.3) is 0 Å². The Morgan fingerprint density at radius 2 is 1.84 bits per heavy atom. The summed E-state index contributed by atoms with van der Waals surface area (Å²) in [6, 6.07) is 1.70. The van der Waals surface area contributed by atoms with Crippen molar-refractivity contribution in [3.63, 3.8) is 0 Å². The minimum absolute atomic E-state index is 0.213. The summed E-state index contributed by atoms with van der Waals surface area (Å²) in [4.78, 5) is 2.01. The van der Waals surface area contributed by atoms with Crippen LogP contribution in [0.5, 0.6) is 0 Å². The molecule has 1 aromatic rings. The SMILES string of the molecule is NCC(c1cc(F)c(F)c(F)c1)N1CCCOCC1. The fourth-order valence-corrected chi connectivity index (χ4v) is 2.34. The molecule has 1 aromatic carbocycles. The Morgan fingerprint density at radius 3 is 2.47 bits per heavy atom. The average Bonchev–Trinajstić information content (AvgIpc) is 2.66. The molecular formula is C13H17F3N2O. The first-order valence-electron chi connectivity index (χ1n) is 6.29. The monoisotopic (exact) mass is 274 g/mol. The molecule has 19 heavy (non-hydrogen) atoms. The van der Waals surface area contributed by atoms with Gasteiger partial charge < -0.3 is 10.5 Å². The van der Waals surface area contributed by atoms with Crippen LogP contribution in [0.2, 0.25) is 0 Å². The molecule has 6 heteroatoms. The smallest absolute Gasteiger partial charge is 0.194 e. The number of hydrogen-bond donors (Lipinski definition) is 1. The Labute approximate surface area is 110 Å². The van der Waals surface area contributed by atoms with E-state index in [-0.39, 0.29) is 12.6 Å². The lowest BCUT2D eigenvalue weighted by atomic mass is 10.0. The summed E-state index contributed by atoms with van der Waals surface area (Å²) in [6.45, 7) is 2.82. The van der Waals surface area contributed by atoms with Crippen molar-refractivity contribution in [1.29, 1.82) is 0 Å². The molecule has 1 aliphatic rings. The first-order chi connectivity index (χ1) is 9.13. The van der Waals surface area contributed by atoms with Gasteiger partial charge in [0.15, 0.2) is 17.5 Å². The van der Waals surface area contributed by atoms with E-state index >= 15 is 0 Å². The zero-order valence-corrected chi connectivity index (χ0v) is 10.5. The first-order valence-corrected chi connectivity index (χ1v) is 6.29. The van der Waals surface area contributed by atoms with Crippen molar-refractivity contribution in [3.05, 3.63) is 35.1 Å². The van der Waals surface area contributed by atoms with Crippen LogP contribution in [0.25, 0.3) is 0 Å². The maximum Gasteiger partial charge on any atom is 0.194 e. The molecule has 1 atom stereocenters. The highest BCUT2D eigenvalue weighted by Gasteiger charge is 2.23. The van der Waals surface area contributed by atoms with Gasteiger partial charge in [-0.3, -0.25) is 4.90 Å². The molecule has 1 heterocycles. The van der Waals surface area contributed by atoms with E-state index in [2.05, 4.69) is 0 Å². The van der Waals surface area contributed by atoms with Gasteiger partial charge in [-0.1, -0.05) is 0 Å². The van der Waals surface area contributed by atoms with E-state index in [9.17, 15) is 13.2 Å². The molecule has 0 bridgehead atoms. The van der Waals surface area contributed by atoms with Crippen LogP contribution in [0.1, 0.15) is 18.0 Å². The summed E-state index contributed by atoms with van der Waals surface area (Å²) in [5.74, 6) is -3.81. The average molecular weight is 274 g/mol. The van der Waals surface area contributed by atoms with Crippen molar-refractivity contribution >= 4 is 0 Å². The van der Waals surface area contributed by atoms with Crippen molar-refractivity contribution in [1.82, 2.24) is 4.90 Å². The van der Waals surface area contributed by atoms with Gasteiger partial charge in [0.1, 0.15) is 0 Å². The van der Waals surface area contributed by atoms with Gasteiger partial charge in [0.2, 0.25) is 0 Å². The van der Waals surface area contributed by atoms with Gasteiger partial charge in [-0.25, -0.2) is 13.2 Å². The lowest BCUT2D eigenvalue weighted by Gasteiger charge is -2.29. The fraction of sp³-hybridized carbons (Fsp3) is 0.538. The molecule has 0 spiro atoms. The van der Waals surface area contributed by atoms with Crippen LogP contribution in [-0.4, -0.2) is 37.7 Å². The number of nitrogens with zero attached hydrogens (tertiary/aromatic N) is 1. The molecule has 106 valence electrons. The molecule has 0 saturated carbocycles. The molecule has 2 N–H and O–H groups in total. The van der Waals surface area contributed by atoms with Gasteiger partial charge in [0, 0.05) is 32.3 Å². The third-order valence-electron chi connectivity index (χ3n) is 3.31. The Bertz CT molecular complexity index is 411. The fourth-order valence-electron chi connectivity index (χ4n) is 2.34. The maximum absolute atomic E-state index is 13.3. The highest BCUT2D eigenvalue weighted by Crippen LogP contribution is 2.24. The third-order valence-corrected chi connectivity index (χ3v) is 3.31. The topological polar surface area (TPSA) is 38.5 Å². The second-order valence-electron chi connectivity index (χ2n) is 4.55. The second-order valence-corrected chi connectivity index (χ2v) is 4.55. The zero-order valence-electron chi connectivity index (χ0n) is 10.5. The minimum Gasteiger partial charge on any atom is -0.380 e. The van der Waals surface area contributed by atoms with Crippen molar-refractivity contribution in [2.45, 2.75) is 12.5 Å². The summed E-state index contributed by atoms with van der Waals surface area (Å²) >= 11 is 0. The van der Waals surface area contributed by atoms with E-state index < -0.39 is 17.5 Å². The lowest BCUT2D eigenvalue weighted by molar-refractivity contribution is 0.132. The molecule has 3 nitrogen and oxygen atoms in total. The van der Waals surface area contributed by atoms with Crippen molar-refractivity contribution in [3.8, 4) is 0 Å². The zero-order chi connectivity index (χ0) is 13.8. The van der Waals surface area contributed by atoms with E-state index in [1.165, 1.54) is 0 Å². The van der Waals surface area contributed by atoms with Crippen LogP contribution >= 0.6 is 0 Å². The predicted octanol–water partition coefficient (Wildman–Crippen LogP) is 1.83.